The Morgan fingerprint density at radius 1 is 1.28 bits per heavy atom. The molecule has 2 heteroatoms. The van der Waals surface area contributed by atoms with Gasteiger partial charge in [-0.25, -0.2) is 0 Å². The van der Waals surface area contributed by atoms with Crippen LogP contribution in [0.25, 0.3) is 0 Å². The fourth-order valence-corrected chi connectivity index (χ4v) is 2.61. The molecule has 1 atom stereocenters. The number of benzene rings is 1. The molecule has 0 radical (unpaired) electrons. The van der Waals surface area contributed by atoms with Gasteiger partial charge in [-0.1, -0.05) is 43.7 Å². The molecule has 1 aromatic carbocycles. The zero-order valence-electron chi connectivity index (χ0n) is 11.9. The highest BCUT2D eigenvalue weighted by atomic mass is 35.5. The summed E-state index contributed by atoms with van der Waals surface area (Å²) in [5.74, 6) is 0. The molecule has 1 nitrogen and oxygen atoms in total. The first-order chi connectivity index (χ1) is 8.48. The zero-order valence-corrected chi connectivity index (χ0v) is 12.7. The van der Waals surface area contributed by atoms with Crippen molar-refractivity contribution >= 4 is 17.3 Å². The highest BCUT2D eigenvalue weighted by Gasteiger charge is 2.30. The average Bonchev–Trinajstić information content (AvgIpc) is 2.29. The number of hydrogen-bond acceptors (Lipinski definition) is 1. The SMILES string of the molecule is CCCC(Cl)(Cc1ccccc1)C(C)=NC(C)C. The topological polar surface area (TPSA) is 12.4 Å². The van der Waals surface area contributed by atoms with Crippen LogP contribution in [0.1, 0.15) is 46.1 Å². The number of nitrogens with zero attached hydrogens (tertiary/aromatic N) is 1. The highest BCUT2D eigenvalue weighted by molar-refractivity contribution is 6.36. The van der Waals surface area contributed by atoms with E-state index in [1.54, 1.807) is 0 Å². The van der Waals surface area contributed by atoms with Gasteiger partial charge in [0.2, 0.25) is 0 Å². The molecular formula is C16H24ClN. The van der Waals surface area contributed by atoms with Gasteiger partial charge in [-0.3, -0.25) is 4.99 Å². The third kappa shape index (κ3) is 4.45. The Hall–Kier alpha value is -0.820. The molecule has 0 aliphatic heterocycles. The van der Waals surface area contributed by atoms with Gasteiger partial charge in [-0.2, -0.15) is 0 Å². The maximum absolute atomic E-state index is 6.84. The number of rotatable bonds is 6. The van der Waals surface area contributed by atoms with Gasteiger partial charge in [0.15, 0.2) is 0 Å². The lowest BCUT2D eigenvalue weighted by Gasteiger charge is -2.27. The van der Waals surface area contributed by atoms with Crippen LogP contribution < -0.4 is 0 Å². The second-order valence-electron chi connectivity index (χ2n) is 5.19. The fraction of sp³-hybridized carbons (Fsp3) is 0.562. The molecule has 1 rings (SSSR count). The normalized spacial score (nSPS) is 15.8. The molecule has 0 aromatic heterocycles. The first-order valence-electron chi connectivity index (χ1n) is 6.75. The summed E-state index contributed by atoms with van der Waals surface area (Å²) in [4.78, 5) is 4.32. The van der Waals surface area contributed by atoms with Crippen LogP contribution in [0.2, 0.25) is 0 Å². The van der Waals surface area contributed by atoms with Crippen LogP contribution in [0.15, 0.2) is 35.3 Å². The Labute approximate surface area is 116 Å². The molecule has 0 fully saturated rings. The van der Waals surface area contributed by atoms with Crippen molar-refractivity contribution in [2.75, 3.05) is 0 Å². The smallest absolute Gasteiger partial charge is 0.0859 e. The van der Waals surface area contributed by atoms with Crippen LogP contribution in [0.3, 0.4) is 0 Å². The minimum absolute atomic E-state index is 0.302. The van der Waals surface area contributed by atoms with Crippen molar-refractivity contribution in [2.45, 2.75) is 57.9 Å². The molecule has 0 N–H and O–H groups in total. The van der Waals surface area contributed by atoms with Crippen LogP contribution >= 0.6 is 11.6 Å². The van der Waals surface area contributed by atoms with E-state index in [0.29, 0.717) is 6.04 Å². The van der Waals surface area contributed by atoms with E-state index in [1.807, 2.05) is 6.07 Å². The van der Waals surface area contributed by atoms with Crippen molar-refractivity contribution in [3.05, 3.63) is 35.9 Å². The minimum Gasteiger partial charge on any atom is -0.290 e. The predicted molar refractivity (Wildman–Crippen MR) is 81.9 cm³/mol. The lowest BCUT2D eigenvalue weighted by atomic mass is 9.90. The lowest BCUT2D eigenvalue weighted by Crippen LogP contribution is -2.34. The number of halogens is 1. The van der Waals surface area contributed by atoms with Gasteiger partial charge < -0.3 is 0 Å². The van der Waals surface area contributed by atoms with E-state index in [0.717, 1.165) is 25.0 Å². The summed E-state index contributed by atoms with van der Waals surface area (Å²) in [6, 6.07) is 10.7. The van der Waals surface area contributed by atoms with E-state index in [4.69, 9.17) is 11.6 Å². The predicted octanol–water partition coefficient (Wildman–Crippen LogP) is 4.88. The Morgan fingerprint density at radius 2 is 1.89 bits per heavy atom. The maximum Gasteiger partial charge on any atom is 0.0859 e. The summed E-state index contributed by atoms with van der Waals surface area (Å²) in [5.41, 5.74) is 2.34. The molecular weight excluding hydrogens is 242 g/mol. The molecule has 0 amide bonds. The Kier molecular flexibility index (Phi) is 5.87. The quantitative estimate of drug-likeness (QED) is 0.514. The Balaban J connectivity index is 2.93. The van der Waals surface area contributed by atoms with E-state index in [1.165, 1.54) is 5.56 Å². The molecule has 0 spiro atoms. The van der Waals surface area contributed by atoms with E-state index < -0.39 is 0 Å². The Bertz CT molecular complexity index is 383. The molecule has 0 aliphatic carbocycles. The highest BCUT2D eigenvalue weighted by Crippen LogP contribution is 2.29. The van der Waals surface area contributed by atoms with Crippen LogP contribution in [0.4, 0.5) is 0 Å². The molecule has 1 aromatic rings. The second kappa shape index (κ2) is 6.94. The first-order valence-corrected chi connectivity index (χ1v) is 7.13. The molecule has 0 saturated heterocycles. The van der Waals surface area contributed by atoms with Gasteiger partial charge in [0.1, 0.15) is 0 Å². The second-order valence-corrected chi connectivity index (χ2v) is 5.91. The van der Waals surface area contributed by atoms with E-state index >= 15 is 0 Å². The third-order valence-corrected chi connectivity index (χ3v) is 3.67. The summed E-state index contributed by atoms with van der Waals surface area (Å²) < 4.78 is 0. The molecule has 18 heavy (non-hydrogen) atoms. The molecule has 1 unspecified atom stereocenters. The van der Waals surface area contributed by atoms with Gasteiger partial charge >= 0.3 is 0 Å². The first kappa shape index (κ1) is 15.2. The largest absolute Gasteiger partial charge is 0.290 e. The van der Waals surface area contributed by atoms with Crippen molar-refractivity contribution in [1.29, 1.82) is 0 Å². The number of aliphatic imine (C=N–C) groups is 1. The van der Waals surface area contributed by atoms with Gasteiger partial charge in [0.25, 0.3) is 0 Å². The number of hydrogen-bond donors (Lipinski definition) is 0. The summed E-state index contributed by atoms with van der Waals surface area (Å²) in [7, 11) is 0. The minimum atomic E-state index is -0.333. The van der Waals surface area contributed by atoms with E-state index in [2.05, 4.69) is 57.0 Å². The summed E-state index contributed by atoms with van der Waals surface area (Å²) in [5, 5.41) is 0. The van der Waals surface area contributed by atoms with E-state index in [9.17, 15) is 0 Å². The molecule has 0 saturated carbocycles. The standard InChI is InChI=1S/C16H24ClN/c1-5-11-16(17,14(4)18-13(2)3)12-15-9-7-6-8-10-15/h6-10,13H,5,11-12H2,1-4H3. The van der Waals surface area contributed by atoms with Crippen molar-refractivity contribution in [3.8, 4) is 0 Å². The van der Waals surface area contributed by atoms with Crippen molar-refractivity contribution < 1.29 is 0 Å². The van der Waals surface area contributed by atoms with Gasteiger partial charge in [-0.15, -0.1) is 11.6 Å². The number of alkyl halides is 1. The molecule has 100 valence electrons. The zero-order chi connectivity index (χ0) is 13.6. The average molecular weight is 266 g/mol. The van der Waals surface area contributed by atoms with Crippen LogP contribution in [-0.4, -0.2) is 16.6 Å². The van der Waals surface area contributed by atoms with Crippen LogP contribution in [0.5, 0.6) is 0 Å². The van der Waals surface area contributed by atoms with Gasteiger partial charge in [-0.05, 0) is 39.2 Å². The fourth-order valence-electron chi connectivity index (χ4n) is 2.22. The molecule has 0 aliphatic rings. The monoisotopic (exact) mass is 265 g/mol. The summed E-state index contributed by atoms with van der Waals surface area (Å²) in [6.07, 6.45) is 2.89. The summed E-state index contributed by atoms with van der Waals surface area (Å²) in [6.45, 7) is 8.42. The third-order valence-electron chi connectivity index (χ3n) is 3.07. The van der Waals surface area contributed by atoms with Gasteiger partial charge in [0, 0.05) is 11.8 Å². The Morgan fingerprint density at radius 3 is 2.39 bits per heavy atom. The maximum atomic E-state index is 6.84. The van der Waals surface area contributed by atoms with Crippen molar-refractivity contribution in [1.82, 2.24) is 0 Å². The van der Waals surface area contributed by atoms with E-state index in [-0.39, 0.29) is 4.87 Å². The van der Waals surface area contributed by atoms with Crippen molar-refractivity contribution in [2.24, 2.45) is 4.99 Å². The van der Waals surface area contributed by atoms with Crippen LogP contribution in [-0.2, 0) is 6.42 Å². The van der Waals surface area contributed by atoms with Crippen LogP contribution in [0, 0.1) is 0 Å². The lowest BCUT2D eigenvalue weighted by molar-refractivity contribution is 0.635. The van der Waals surface area contributed by atoms with Crippen molar-refractivity contribution in [3.63, 3.8) is 0 Å². The molecule has 0 bridgehead atoms. The molecule has 0 heterocycles. The summed E-state index contributed by atoms with van der Waals surface area (Å²) >= 11 is 6.84. The van der Waals surface area contributed by atoms with Gasteiger partial charge in [0.05, 0.1) is 4.87 Å².